The van der Waals surface area contributed by atoms with Gasteiger partial charge in [0.15, 0.2) is 0 Å². The zero-order chi connectivity index (χ0) is 9.52. The quantitative estimate of drug-likeness (QED) is 0.585. The second-order valence-corrected chi connectivity index (χ2v) is 2.02. The summed E-state index contributed by atoms with van der Waals surface area (Å²) < 4.78 is 16.7. The summed E-state index contributed by atoms with van der Waals surface area (Å²) in [5.74, 6) is 0.658. The van der Waals surface area contributed by atoms with Crippen LogP contribution in [0.2, 0.25) is 0 Å². The smallest absolute Gasteiger partial charge is 0.119 e. The van der Waals surface area contributed by atoms with Crippen molar-refractivity contribution >= 4 is 6.47 Å². The Labute approximate surface area is 104 Å². The summed E-state index contributed by atoms with van der Waals surface area (Å²) in [6.45, 7) is 1.79. The van der Waals surface area contributed by atoms with Crippen molar-refractivity contribution in [2.45, 2.75) is 0 Å². The maximum absolute atomic E-state index is 9.63. The van der Waals surface area contributed by atoms with Crippen LogP contribution in [0.15, 0.2) is 30.3 Å². The fourth-order valence-corrected chi connectivity index (χ4v) is 0.711. The molecule has 0 aliphatic carbocycles. The van der Waals surface area contributed by atoms with Crippen LogP contribution < -0.4 is 4.74 Å². The van der Waals surface area contributed by atoms with Crippen molar-refractivity contribution in [3.05, 3.63) is 30.3 Å². The molecule has 3 nitrogen and oxygen atoms in total. The minimum absolute atomic E-state index is 0. The van der Waals surface area contributed by atoms with Gasteiger partial charge in [0.1, 0.15) is 12.4 Å². The zero-order valence-electron chi connectivity index (χ0n) is 8.03. The molecular weight excluding hydrogens is 245 g/mol. The van der Waals surface area contributed by atoms with E-state index >= 15 is 0 Å². The third-order valence-electron chi connectivity index (χ3n) is 1.20. The average molecular weight is 256 g/mol. The number of para-hydroxylation sites is 1. The third-order valence-corrected chi connectivity index (χ3v) is 1.20. The Morgan fingerprint density at radius 2 is 2.08 bits per heavy atom. The van der Waals surface area contributed by atoms with E-state index in [1.165, 1.54) is 6.47 Å². The van der Waals surface area contributed by atoms with Crippen molar-refractivity contribution in [2.75, 3.05) is 13.2 Å². The molecule has 0 heterocycles. The Morgan fingerprint density at radius 1 is 1.38 bits per heavy atom. The van der Waals surface area contributed by atoms with Crippen LogP contribution in [0.4, 0.5) is 0 Å². The van der Waals surface area contributed by atoms with E-state index in [2.05, 4.69) is 4.74 Å². The van der Waals surface area contributed by atoms with Crippen LogP contribution in [-0.4, -0.2) is 19.7 Å². The number of rotatable bonds is 5. The molecule has 0 fully saturated rings. The summed E-state index contributed by atoms with van der Waals surface area (Å²) in [4.78, 5) is 9.63. The molecule has 0 aromatic heterocycles. The van der Waals surface area contributed by atoms with Gasteiger partial charge in [0.05, 0.1) is 7.98 Å². The number of ether oxygens (including phenoxy) is 2. The summed E-state index contributed by atoms with van der Waals surface area (Å²) in [6.07, 6.45) is 0. The van der Waals surface area contributed by atoms with Crippen LogP contribution in [0, 0.1) is 0 Å². The SMILES string of the molecule is [3H]c1ccc(OCCO[C-]=O)cc1.[Y]. The molecule has 0 bridgehead atoms. The number of carbonyl (C=O) groups excluding carboxylic acids is 1. The summed E-state index contributed by atoms with van der Waals surface area (Å²) in [7, 11) is 0. The van der Waals surface area contributed by atoms with E-state index in [0.717, 1.165) is 0 Å². The van der Waals surface area contributed by atoms with Gasteiger partial charge in [-0.1, -0.05) is 24.6 Å². The van der Waals surface area contributed by atoms with Gasteiger partial charge in [-0.2, -0.15) is 0 Å². The molecule has 0 aliphatic rings. The van der Waals surface area contributed by atoms with Gasteiger partial charge in [-0.15, -0.1) is 0 Å². The molecular formula is C9H9O3Y-. The Balaban J connectivity index is 0.00000169. The number of hydrogen-bond acceptors (Lipinski definition) is 3. The predicted molar refractivity (Wildman–Crippen MR) is 43.6 cm³/mol. The second-order valence-electron chi connectivity index (χ2n) is 2.02. The van der Waals surface area contributed by atoms with E-state index < -0.39 is 0 Å². The standard InChI is InChI=1S/C9H9O3.Y/c10-8-11-6-7-12-9-4-2-1-3-5-9;/h1-5H,6-7H2;/q-1;/i1T;. The van der Waals surface area contributed by atoms with E-state index in [4.69, 9.17) is 6.11 Å². The molecule has 0 spiro atoms. The zero-order valence-corrected chi connectivity index (χ0v) is 9.86. The maximum Gasteiger partial charge on any atom is 0.119 e. The van der Waals surface area contributed by atoms with Crippen molar-refractivity contribution in [3.63, 3.8) is 0 Å². The fourth-order valence-electron chi connectivity index (χ4n) is 0.711. The van der Waals surface area contributed by atoms with Gasteiger partial charge in [0.25, 0.3) is 0 Å². The van der Waals surface area contributed by atoms with Crippen molar-refractivity contribution in [1.82, 2.24) is 0 Å². The molecule has 0 saturated heterocycles. The summed E-state index contributed by atoms with van der Waals surface area (Å²) >= 11 is 0. The molecule has 1 rings (SSSR count). The average Bonchev–Trinajstić information content (AvgIpc) is 2.15. The largest absolute Gasteiger partial charge is 0.650 e. The first kappa shape index (κ1) is 10.7. The van der Waals surface area contributed by atoms with Gasteiger partial charge < -0.3 is 14.3 Å². The van der Waals surface area contributed by atoms with Crippen molar-refractivity contribution in [1.29, 1.82) is 0 Å². The molecule has 0 aliphatic heterocycles. The van der Waals surface area contributed by atoms with Crippen LogP contribution in [0.3, 0.4) is 0 Å². The second kappa shape index (κ2) is 8.20. The third kappa shape index (κ3) is 5.77. The maximum atomic E-state index is 9.63. The minimum atomic E-state index is 0. The molecule has 13 heavy (non-hydrogen) atoms. The van der Waals surface area contributed by atoms with Crippen molar-refractivity contribution in [3.8, 4) is 5.75 Å². The molecule has 0 saturated carbocycles. The molecule has 1 aromatic carbocycles. The van der Waals surface area contributed by atoms with Gasteiger partial charge in [-0.25, -0.2) is 0 Å². The molecule has 0 unspecified atom stereocenters. The first-order valence-electron chi connectivity index (χ1n) is 4.01. The summed E-state index contributed by atoms with van der Waals surface area (Å²) in [5, 5.41) is 0. The molecule has 0 N–H and O–H groups in total. The van der Waals surface area contributed by atoms with E-state index in [1.807, 2.05) is 0 Å². The molecule has 0 amide bonds. The van der Waals surface area contributed by atoms with Gasteiger partial charge in [0, 0.05) is 32.7 Å². The Bertz CT molecular complexity index is 263. The van der Waals surface area contributed by atoms with Gasteiger partial charge in [-0.3, -0.25) is 0 Å². The molecule has 4 heteroatoms. The first-order valence-corrected chi connectivity index (χ1v) is 3.51. The van der Waals surface area contributed by atoms with E-state index in [0.29, 0.717) is 18.4 Å². The fraction of sp³-hybridized carbons (Fsp3) is 0.222. The monoisotopic (exact) mass is 256 g/mol. The summed E-state index contributed by atoms with van der Waals surface area (Å²) in [6, 6.07) is 7.06. The van der Waals surface area contributed by atoms with E-state index in [9.17, 15) is 4.79 Å². The number of hydrogen-bond donors (Lipinski definition) is 0. The topological polar surface area (TPSA) is 35.5 Å². The molecule has 67 valence electrons. The van der Waals surface area contributed by atoms with Crippen LogP contribution in [0.1, 0.15) is 1.37 Å². The molecule has 0 atom stereocenters. The van der Waals surface area contributed by atoms with Crippen LogP contribution in [-0.2, 0) is 42.2 Å². The molecule has 1 aromatic rings. The van der Waals surface area contributed by atoms with Gasteiger partial charge in [0.2, 0.25) is 0 Å². The molecule has 1 radical (unpaired) electrons. The Kier molecular flexibility index (Phi) is 6.74. The van der Waals surface area contributed by atoms with Crippen molar-refractivity contribution < 1.29 is 48.3 Å². The number of benzene rings is 1. The van der Waals surface area contributed by atoms with Crippen LogP contribution in [0.25, 0.3) is 0 Å². The van der Waals surface area contributed by atoms with Gasteiger partial charge in [-0.05, 0) is 12.1 Å². The Hall–Kier alpha value is -0.406. The van der Waals surface area contributed by atoms with Crippen LogP contribution in [0.5, 0.6) is 5.75 Å². The summed E-state index contributed by atoms with van der Waals surface area (Å²) in [5.41, 5.74) is 0. The van der Waals surface area contributed by atoms with Gasteiger partial charge >= 0.3 is 0 Å². The van der Waals surface area contributed by atoms with E-state index in [-0.39, 0.29) is 39.3 Å². The first-order chi connectivity index (χ1) is 6.33. The minimum Gasteiger partial charge on any atom is -0.650 e. The normalized spacial score (nSPS) is 9.38. The van der Waals surface area contributed by atoms with Crippen molar-refractivity contribution in [2.24, 2.45) is 0 Å². The predicted octanol–water partition coefficient (Wildman–Crippen LogP) is 1.15. The van der Waals surface area contributed by atoms with Crippen LogP contribution >= 0.6 is 0 Å². The Morgan fingerprint density at radius 3 is 2.69 bits per heavy atom. The van der Waals surface area contributed by atoms with E-state index in [1.54, 1.807) is 24.3 Å².